The van der Waals surface area contributed by atoms with Crippen molar-refractivity contribution in [1.82, 2.24) is 20.1 Å². The van der Waals surface area contributed by atoms with Crippen molar-refractivity contribution in [3.63, 3.8) is 0 Å². The highest BCUT2D eigenvalue weighted by molar-refractivity contribution is 7.99. The van der Waals surface area contributed by atoms with E-state index in [0.29, 0.717) is 18.2 Å². The number of nitrogens with zero attached hydrogens (tertiary/aromatic N) is 3. The van der Waals surface area contributed by atoms with E-state index in [4.69, 9.17) is 9.47 Å². The van der Waals surface area contributed by atoms with Gasteiger partial charge < -0.3 is 19.4 Å². The number of hydrogen-bond donors (Lipinski definition) is 1. The molecule has 1 aromatic heterocycles. The van der Waals surface area contributed by atoms with Gasteiger partial charge in [-0.1, -0.05) is 17.8 Å². The van der Waals surface area contributed by atoms with E-state index in [9.17, 15) is 4.79 Å². The zero-order valence-electron chi connectivity index (χ0n) is 14.0. The number of nitrogens with one attached hydrogen (secondary N) is 1. The first kappa shape index (κ1) is 16.3. The first-order valence-corrected chi connectivity index (χ1v) is 9.44. The maximum Gasteiger partial charge on any atom is 0.231 e. The van der Waals surface area contributed by atoms with Crippen LogP contribution in [0.1, 0.15) is 37.1 Å². The lowest BCUT2D eigenvalue weighted by molar-refractivity contribution is -0.118. The number of carbonyl (C=O) groups excluding carboxylic acids is 1. The monoisotopic (exact) mass is 360 g/mol. The minimum atomic E-state index is -0.0266. The van der Waals surface area contributed by atoms with Crippen LogP contribution in [0.2, 0.25) is 0 Å². The Labute approximate surface area is 150 Å². The minimum absolute atomic E-state index is 0.0266. The van der Waals surface area contributed by atoms with Crippen molar-refractivity contribution in [2.75, 3.05) is 12.5 Å². The molecule has 1 amide bonds. The third kappa shape index (κ3) is 3.58. The Morgan fingerprint density at radius 2 is 2.16 bits per heavy atom. The maximum atomic E-state index is 12.1. The second-order valence-corrected chi connectivity index (χ2v) is 7.05. The molecule has 0 spiro atoms. The van der Waals surface area contributed by atoms with Gasteiger partial charge in [0.15, 0.2) is 16.7 Å². The van der Waals surface area contributed by atoms with Crippen molar-refractivity contribution in [2.24, 2.45) is 0 Å². The van der Waals surface area contributed by atoms with Crippen LogP contribution in [-0.4, -0.2) is 33.2 Å². The van der Waals surface area contributed by atoms with Gasteiger partial charge in [-0.05, 0) is 37.5 Å². The quantitative estimate of drug-likeness (QED) is 0.764. The van der Waals surface area contributed by atoms with Gasteiger partial charge in [0.25, 0.3) is 0 Å². The summed E-state index contributed by atoms with van der Waals surface area (Å²) in [5.41, 5.74) is 0.982. The van der Waals surface area contributed by atoms with Crippen LogP contribution in [0, 0.1) is 0 Å². The summed E-state index contributed by atoms with van der Waals surface area (Å²) in [4.78, 5) is 12.1. The average molecular weight is 360 g/mol. The molecular formula is C17H20N4O3S. The van der Waals surface area contributed by atoms with Crippen LogP contribution in [0.3, 0.4) is 0 Å². The molecule has 8 heteroatoms. The summed E-state index contributed by atoms with van der Waals surface area (Å²) in [5.74, 6) is 3.39. The number of amides is 1. The summed E-state index contributed by atoms with van der Waals surface area (Å²) < 4.78 is 12.7. The van der Waals surface area contributed by atoms with Gasteiger partial charge in [0.1, 0.15) is 5.82 Å². The molecule has 0 atom stereocenters. The van der Waals surface area contributed by atoms with Gasteiger partial charge in [0.2, 0.25) is 12.7 Å². The third-order valence-corrected chi connectivity index (χ3v) is 5.23. The Hall–Kier alpha value is -2.22. The Bertz CT molecular complexity index is 788. The van der Waals surface area contributed by atoms with Crippen molar-refractivity contribution in [1.29, 1.82) is 0 Å². The standard InChI is InChI=1S/C17H20N4O3S/c1-2-21-16(12-4-5-12)19-20-17(21)25-9-15(22)18-8-11-3-6-13-14(7-11)24-10-23-13/h3,6-7,12H,2,4-5,8-10H2,1H3,(H,18,22). The smallest absolute Gasteiger partial charge is 0.231 e. The molecule has 1 aromatic carbocycles. The molecule has 1 aliphatic heterocycles. The summed E-state index contributed by atoms with van der Waals surface area (Å²) in [5, 5.41) is 12.3. The first-order chi connectivity index (χ1) is 12.2. The lowest BCUT2D eigenvalue weighted by Gasteiger charge is -2.08. The van der Waals surface area contributed by atoms with Crippen LogP contribution in [0.4, 0.5) is 0 Å². The van der Waals surface area contributed by atoms with Crippen LogP contribution in [0.15, 0.2) is 23.4 Å². The van der Waals surface area contributed by atoms with Gasteiger partial charge in [-0.25, -0.2) is 0 Å². The van der Waals surface area contributed by atoms with Crippen molar-refractivity contribution < 1.29 is 14.3 Å². The molecule has 1 aliphatic carbocycles. The Balaban J connectivity index is 1.29. The molecule has 2 aliphatic rings. The number of aromatic nitrogens is 3. The molecular weight excluding hydrogens is 340 g/mol. The zero-order chi connectivity index (χ0) is 17.2. The lowest BCUT2D eigenvalue weighted by Crippen LogP contribution is -2.24. The average Bonchev–Trinajstić information content (AvgIpc) is 3.22. The largest absolute Gasteiger partial charge is 0.454 e. The van der Waals surface area contributed by atoms with Gasteiger partial charge in [-0.2, -0.15) is 0 Å². The second kappa shape index (κ2) is 6.95. The maximum absolute atomic E-state index is 12.1. The molecule has 1 fully saturated rings. The molecule has 1 N–H and O–H groups in total. The fraction of sp³-hybridized carbons (Fsp3) is 0.471. The molecule has 2 heterocycles. The Morgan fingerprint density at radius 3 is 2.96 bits per heavy atom. The number of carbonyl (C=O) groups is 1. The van der Waals surface area contributed by atoms with E-state index in [1.165, 1.54) is 24.6 Å². The van der Waals surface area contributed by atoms with Crippen LogP contribution >= 0.6 is 11.8 Å². The molecule has 4 rings (SSSR count). The molecule has 0 radical (unpaired) electrons. The third-order valence-electron chi connectivity index (χ3n) is 4.26. The highest BCUT2D eigenvalue weighted by Gasteiger charge is 2.30. The highest BCUT2D eigenvalue weighted by Crippen LogP contribution is 2.40. The second-order valence-electron chi connectivity index (χ2n) is 6.11. The van der Waals surface area contributed by atoms with Gasteiger partial charge in [-0.15, -0.1) is 10.2 Å². The van der Waals surface area contributed by atoms with E-state index >= 15 is 0 Å². The van der Waals surface area contributed by atoms with E-state index in [2.05, 4.69) is 27.0 Å². The molecule has 132 valence electrons. The fourth-order valence-corrected chi connectivity index (χ4v) is 3.62. The van der Waals surface area contributed by atoms with E-state index in [1.54, 1.807) is 0 Å². The minimum Gasteiger partial charge on any atom is -0.454 e. The summed E-state index contributed by atoms with van der Waals surface area (Å²) in [6, 6.07) is 5.68. The molecule has 7 nitrogen and oxygen atoms in total. The molecule has 0 bridgehead atoms. The van der Waals surface area contributed by atoms with Crippen molar-refractivity contribution in [3.8, 4) is 11.5 Å². The number of thioether (sulfide) groups is 1. The Morgan fingerprint density at radius 1 is 1.32 bits per heavy atom. The van der Waals surface area contributed by atoms with E-state index < -0.39 is 0 Å². The van der Waals surface area contributed by atoms with Crippen LogP contribution < -0.4 is 14.8 Å². The summed E-state index contributed by atoms with van der Waals surface area (Å²) in [6.45, 7) is 3.63. The van der Waals surface area contributed by atoms with Crippen molar-refractivity contribution in [2.45, 2.75) is 43.9 Å². The van der Waals surface area contributed by atoms with E-state index in [0.717, 1.165) is 34.6 Å². The summed E-state index contributed by atoms with van der Waals surface area (Å²) >= 11 is 1.43. The summed E-state index contributed by atoms with van der Waals surface area (Å²) in [6.07, 6.45) is 2.39. The predicted molar refractivity (Wildman–Crippen MR) is 92.8 cm³/mol. The normalized spacial score (nSPS) is 15.4. The van der Waals surface area contributed by atoms with E-state index in [1.807, 2.05) is 18.2 Å². The van der Waals surface area contributed by atoms with E-state index in [-0.39, 0.29) is 12.7 Å². The fourth-order valence-electron chi connectivity index (χ4n) is 2.78. The van der Waals surface area contributed by atoms with Gasteiger partial charge >= 0.3 is 0 Å². The van der Waals surface area contributed by atoms with Gasteiger partial charge in [-0.3, -0.25) is 4.79 Å². The summed E-state index contributed by atoms with van der Waals surface area (Å²) in [7, 11) is 0. The predicted octanol–water partition coefficient (Wildman–Crippen LogP) is 2.31. The number of benzene rings is 1. The Kier molecular flexibility index (Phi) is 4.52. The number of hydrogen-bond acceptors (Lipinski definition) is 6. The van der Waals surface area contributed by atoms with Crippen molar-refractivity contribution in [3.05, 3.63) is 29.6 Å². The van der Waals surface area contributed by atoms with Crippen molar-refractivity contribution >= 4 is 17.7 Å². The van der Waals surface area contributed by atoms with Crippen LogP contribution in [-0.2, 0) is 17.9 Å². The topological polar surface area (TPSA) is 78.3 Å². The molecule has 1 saturated carbocycles. The number of rotatable bonds is 7. The number of fused-ring (bicyclic) bond motifs is 1. The first-order valence-electron chi connectivity index (χ1n) is 8.45. The van der Waals surface area contributed by atoms with Gasteiger partial charge in [0.05, 0.1) is 5.75 Å². The van der Waals surface area contributed by atoms with Crippen LogP contribution in [0.5, 0.6) is 11.5 Å². The van der Waals surface area contributed by atoms with Gasteiger partial charge in [0, 0.05) is 19.0 Å². The molecule has 2 aromatic rings. The molecule has 25 heavy (non-hydrogen) atoms. The lowest BCUT2D eigenvalue weighted by atomic mass is 10.2. The van der Waals surface area contributed by atoms with Crippen LogP contribution in [0.25, 0.3) is 0 Å². The molecule has 0 saturated heterocycles. The molecule has 0 unspecified atom stereocenters. The zero-order valence-corrected chi connectivity index (χ0v) is 14.8. The SMILES string of the molecule is CCn1c(SCC(=O)NCc2ccc3c(c2)OCO3)nnc1C1CC1. The highest BCUT2D eigenvalue weighted by atomic mass is 32.2. The number of ether oxygens (including phenoxy) is 2.